The summed E-state index contributed by atoms with van der Waals surface area (Å²) < 4.78 is 10.1. The van der Waals surface area contributed by atoms with E-state index in [9.17, 15) is 14.4 Å². The summed E-state index contributed by atoms with van der Waals surface area (Å²) >= 11 is 0. The number of ketones is 1. The van der Waals surface area contributed by atoms with Gasteiger partial charge in [-0.05, 0) is 92.8 Å². The summed E-state index contributed by atoms with van der Waals surface area (Å²) in [5, 5.41) is 3.22. The van der Waals surface area contributed by atoms with E-state index in [2.05, 4.69) is 26.1 Å². The van der Waals surface area contributed by atoms with Gasteiger partial charge in [0, 0.05) is 24.3 Å². The Morgan fingerprint density at radius 1 is 1.09 bits per heavy atom. The summed E-state index contributed by atoms with van der Waals surface area (Å²) in [5.74, 6) is 2.75. The zero-order valence-electron chi connectivity index (χ0n) is 21.9. The normalized spacial score (nSPS) is 42.1. The van der Waals surface area contributed by atoms with Crippen LogP contribution in [0.25, 0.3) is 0 Å². The average Bonchev–Trinajstić information content (AvgIpc) is 3.17. The lowest BCUT2D eigenvalue weighted by Crippen LogP contribution is -2.63. The number of carbonyl (C=O) groups is 3. The fraction of sp³-hybridized carbons (Fsp3) is 0.893. The summed E-state index contributed by atoms with van der Waals surface area (Å²) in [6.07, 6.45) is 9.40. The van der Waals surface area contributed by atoms with Crippen LogP contribution in [0.4, 0.5) is 4.79 Å². The second kappa shape index (κ2) is 9.81. The number of carbonyl (C=O) groups excluding carboxylic acids is 3. The van der Waals surface area contributed by atoms with Gasteiger partial charge in [-0.3, -0.25) is 9.59 Å². The number of esters is 1. The Kier molecular flexibility index (Phi) is 7.36. The van der Waals surface area contributed by atoms with E-state index < -0.39 is 0 Å². The minimum Gasteiger partial charge on any atom is -0.469 e. The maximum Gasteiger partial charge on any atom is 0.407 e. The highest BCUT2D eigenvalue weighted by molar-refractivity contribution is 5.87. The summed E-state index contributed by atoms with van der Waals surface area (Å²) in [5.41, 5.74) is -0.349. The van der Waals surface area contributed by atoms with Crippen LogP contribution in [0.15, 0.2) is 0 Å². The number of amides is 1. The molecule has 6 heteroatoms. The van der Waals surface area contributed by atoms with E-state index in [1.165, 1.54) is 26.4 Å². The Labute approximate surface area is 205 Å². The van der Waals surface area contributed by atoms with Crippen LogP contribution < -0.4 is 5.32 Å². The topological polar surface area (TPSA) is 81.7 Å². The van der Waals surface area contributed by atoms with Gasteiger partial charge >= 0.3 is 12.1 Å². The summed E-state index contributed by atoms with van der Waals surface area (Å²) in [4.78, 5) is 38.1. The molecular weight excluding hydrogens is 430 g/mol. The lowest BCUT2D eigenvalue weighted by Gasteiger charge is -2.62. The van der Waals surface area contributed by atoms with Crippen molar-refractivity contribution < 1.29 is 23.9 Å². The van der Waals surface area contributed by atoms with Crippen LogP contribution in [0.2, 0.25) is 0 Å². The molecule has 0 saturated heterocycles. The Hall–Kier alpha value is -1.59. The predicted molar refractivity (Wildman–Crippen MR) is 130 cm³/mol. The molecule has 9 atom stereocenters. The fourth-order valence-corrected chi connectivity index (χ4v) is 9.19. The third-order valence-corrected chi connectivity index (χ3v) is 11.0. The Morgan fingerprint density at radius 2 is 1.85 bits per heavy atom. The minimum absolute atomic E-state index is 0.0560. The van der Waals surface area contributed by atoms with Crippen molar-refractivity contribution >= 4 is 17.8 Å². The first-order valence-electron chi connectivity index (χ1n) is 13.7. The van der Waals surface area contributed by atoms with Gasteiger partial charge in [-0.25, -0.2) is 4.79 Å². The van der Waals surface area contributed by atoms with E-state index in [0.717, 1.165) is 32.1 Å². The summed E-state index contributed by atoms with van der Waals surface area (Å²) in [6.45, 7) is 9.04. The molecule has 34 heavy (non-hydrogen) atoms. The lowest BCUT2D eigenvalue weighted by atomic mass is 9.43. The monoisotopic (exact) mass is 475 g/mol. The number of hydrogen-bond donors (Lipinski definition) is 1. The van der Waals surface area contributed by atoms with Gasteiger partial charge in [-0.2, -0.15) is 0 Å². The molecule has 0 aromatic carbocycles. The average molecular weight is 476 g/mol. The molecule has 6 nitrogen and oxygen atoms in total. The van der Waals surface area contributed by atoms with Crippen molar-refractivity contribution in [1.82, 2.24) is 5.32 Å². The highest BCUT2D eigenvalue weighted by atomic mass is 16.5. The van der Waals surface area contributed by atoms with Gasteiger partial charge in [-0.15, -0.1) is 0 Å². The third-order valence-electron chi connectivity index (χ3n) is 11.0. The number of nitrogens with one attached hydrogen (secondary N) is 1. The van der Waals surface area contributed by atoms with E-state index in [1.54, 1.807) is 0 Å². The van der Waals surface area contributed by atoms with Crippen molar-refractivity contribution in [2.75, 3.05) is 13.7 Å². The van der Waals surface area contributed by atoms with Crippen molar-refractivity contribution in [3.05, 3.63) is 0 Å². The molecule has 4 fully saturated rings. The first kappa shape index (κ1) is 25.5. The molecular formula is C28H45NO5. The molecule has 4 aliphatic rings. The molecule has 1 amide bonds. The quantitative estimate of drug-likeness (QED) is 0.511. The Morgan fingerprint density at radius 3 is 2.56 bits per heavy atom. The minimum atomic E-state index is -0.316. The van der Waals surface area contributed by atoms with Gasteiger partial charge in [-0.1, -0.05) is 27.2 Å². The van der Waals surface area contributed by atoms with E-state index >= 15 is 0 Å². The largest absolute Gasteiger partial charge is 0.469 e. The molecule has 1 N–H and O–H groups in total. The number of Topliss-reactive ketones (excluding diaryl/α,β-unsaturated/α-hetero) is 1. The lowest BCUT2D eigenvalue weighted by molar-refractivity contribution is -0.160. The van der Waals surface area contributed by atoms with E-state index in [1.807, 2.05) is 6.92 Å². The standard InChI is InChI=1S/C28H45NO5/c1-6-34-26(32)29-23-9-7-8-18-11-12-19-21-14-13-20(17(2)10-15-25(31)33-5)28(21,4)24(30)16-22(19)27(18,23)3/h17-23H,6-16H2,1-5H3,(H,29,32)/t17-,18?,19?,20?,21?,22?,23?,27?,28?/m1/s1. The Bertz CT molecular complexity index is 798. The second-order valence-corrected chi connectivity index (χ2v) is 12.1. The number of methoxy groups -OCH3 is 1. The van der Waals surface area contributed by atoms with Crippen LogP contribution in [0.3, 0.4) is 0 Å². The number of hydrogen-bond acceptors (Lipinski definition) is 5. The van der Waals surface area contributed by atoms with Gasteiger partial charge in [0.25, 0.3) is 0 Å². The zero-order chi connectivity index (χ0) is 24.7. The van der Waals surface area contributed by atoms with Crippen LogP contribution in [0.1, 0.15) is 91.9 Å². The molecule has 8 unspecified atom stereocenters. The molecule has 0 heterocycles. The molecule has 4 aliphatic carbocycles. The van der Waals surface area contributed by atoms with E-state index in [0.29, 0.717) is 60.7 Å². The Balaban J connectivity index is 1.57. The number of fused-ring (bicyclic) bond motifs is 5. The number of ether oxygens (including phenoxy) is 2. The number of rotatable bonds is 6. The van der Waals surface area contributed by atoms with E-state index in [-0.39, 0.29) is 28.9 Å². The maximum absolute atomic E-state index is 14.0. The molecule has 0 aromatic rings. The van der Waals surface area contributed by atoms with Gasteiger partial charge < -0.3 is 14.8 Å². The second-order valence-electron chi connectivity index (χ2n) is 12.1. The first-order valence-corrected chi connectivity index (χ1v) is 13.7. The maximum atomic E-state index is 14.0. The predicted octanol–water partition coefficient (Wildman–Crippen LogP) is 5.53. The molecule has 0 spiro atoms. The van der Waals surface area contributed by atoms with Gasteiger partial charge in [0.15, 0.2) is 0 Å². The smallest absolute Gasteiger partial charge is 0.407 e. The molecule has 4 saturated carbocycles. The van der Waals surface area contributed by atoms with Crippen molar-refractivity contribution in [2.45, 2.75) is 97.9 Å². The molecule has 0 aromatic heterocycles. The van der Waals surface area contributed by atoms with Crippen LogP contribution in [-0.4, -0.2) is 37.6 Å². The molecule has 0 radical (unpaired) electrons. The summed E-state index contributed by atoms with van der Waals surface area (Å²) in [6, 6.07) is 0.0754. The van der Waals surface area contributed by atoms with Crippen molar-refractivity contribution in [2.24, 2.45) is 46.3 Å². The zero-order valence-corrected chi connectivity index (χ0v) is 21.9. The third kappa shape index (κ3) is 4.07. The highest BCUT2D eigenvalue weighted by Crippen LogP contribution is 2.67. The van der Waals surface area contributed by atoms with Crippen LogP contribution in [0.5, 0.6) is 0 Å². The van der Waals surface area contributed by atoms with Crippen LogP contribution >= 0.6 is 0 Å². The van der Waals surface area contributed by atoms with Crippen molar-refractivity contribution in [1.29, 1.82) is 0 Å². The number of alkyl carbamates (subject to hydrolysis) is 1. The molecule has 0 bridgehead atoms. The van der Waals surface area contributed by atoms with E-state index in [4.69, 9.17) is 9.47 Å². The van der Waals surface area contributed by atoms with Crippen LogP contribution in [-0.2, 0) is 19.1 Å². The molecule has 4 rings (SSSR count). The van der Waals surface area contributed by atoms with Gasteiger partial charge in [0.2, 0.25) is 0 Å². The van der Waals surface area contributed by atoms with Crippen LogP contribution in [0, 0.1) is 46.3 Å². The SMILES string of the molecule is CCOC(=O)NC1CCCC2CCC3C4CCC([C@H](C)CCC(=O)OC)C4(C)C(=O)CC3C21C. The first-order chi connectivity index (χ1) is 16.2. The molecule has 192 valence electrons. The van der Waals surface area contributed by atoms with Crippen molar-refractivity contribution in [3.63, 3.8) is 0 Å². The highest BCUT2D eigenvalue weighted by Gasteiger charge is 2.65. The van der Waals surface area contributed by atoms with Gasteiger partial charge in [0.05, 0.1) is 13.7 Å². The fourth-order valence-electron chi connectivity index (χ4n) is 9.19. The summed E-state index contributed by atoms with van der Waals surface area (Å²) in [7, 11) is 1.44. The van der Waals surface area contributed by atoms with Crippen molar-refractivity contribution in [3.8, 4) is 0 Å². The molecule has 0 aliphatic heterocycles. The van der Waals surface area contributed by atoms with Gasteiger partial charge in [0.1, 0.15) is 5.78 Å².